The molecule has 0 radical (unpaired) electrons. The van der Waals surface area contributed by atoms with Crippen LogP contribution in [0, 0.1) is 0 Å². The number of halogens is 1. The molecular formula is C37H22ClNO. The lowest BCUT2D eigenvalue weighted by atomic mass is 9.66. The van der Waals surface area contributed by atoms with Crippen LogP contribution in [-0.4, -0.2) is 4.57 Å². The monoisotopic (exact) mass is 531 g/mol. The van der Waals surface area contributed by atoms with Crippen molar-refractivity contribution in [1.29, 1.82) is 0 Å². The third-order valence-electron chi connectivity index (χ3n) is 8.72. The number of benzene rings is 6. The van der Waals surface area contributed by atoms with Crippen molar-refractivity contribution < 1.29 is 4.74 Å². The van der Waals surface area contributed by atoms with E-state index in [0.29, 0.717) is 5.02 Å². The lowest BCUT2D eigenvalue weighted by Gasteiger charge is -2.39. The molecule has 7 aromatic rings. The van der Waals surface area contributed by atoms with Crippen LogP contribution in [0.3, 0.4) is 0 Å². The molecule has 2 nitrogen and oxygen atoms in total. The van der Waals surface area contributed by atoms with Crippen molar-refractivity contribution >= 4 is 33.4 Å². The van der Waals surface area contributed by atoms with Crippen LogP contribution in [0.25, 0.3) is 38.6 Å². The highest BCUT2D eigenvalue weighted by Crippen LogP contribution is 2.63. The normalized spacial score (nSPS) is 14.0. The highest BCUT2D eigenvalue weighted by Gasteiger charge is 2.51. The second-order valence-corrected chi connectivity index (χ2v) is 11.0. The van der Waals surface area contributed by atoms with E-state index in [4.69, 9.17) is 16.3 Å². The molecule has 0 fully saturated rings. The van der Waals surface area contributed by atoms with E-state index >= 15 is 0 Å². The van der Waals surface area contributed by atoms with Crippen LogP contribution in [0.2, 0.25) is 5.02 Å². The molecule has 9 rings (SSSR count). The third kappa shape index (κ3) is 2.64. The Morgan fingerprint density at radius 1 is 0.550 bits per heavy atom. The summed E-state index contributed by atoms with van der Waals surface area (Å²) in [7, 11) is 0. The van der Waals surface area contributed by atoms with Gasteiger partial charge in [-0.3, -0.25) is 0 Å². The quantitative estimate of drug-likeness (QED) is 0.205. The van der Waals surface area contributed by atoms with E-state index in [-0.39, 0.29) is 0 Å². The smallest absolute Gasteiger partial charge is 0.156 e. The first kappa shape index (κ1) is 22.1. The fraction of sp³-hybridized carbons (Fsp3) is 0.0270. The minimum absolute atomic E-state index is 0.499. The Morgan fingerprint density at radius 3 is 1.93 bits per heavy atom. The van der Waals surface area contributed by atoms with Gasteiger partial charge in [0.25, 0.3) is 0 Å². The zero-order chi connectivity index (χ0) is 26.4. The minimum atomic E-state index is -0.499. The number of hydrogen-bond donors (Lipinski definition) is 0. The molecular weight excluding hydrogens is 510 g/mol. The number of hydrogen-bond acceptors (Lipinski definition) is 1. The Balaban J connectivity index is 1.51. The highest BCUT2D eigenvalue weighted by molar-refractivity contribution is 6.31. The maximum absolute atomic E-state index is 6.98. The summed E-state index contributed by atoms with van der Waals surface area (Å²) in [5, 5.41) is 3.00. The average Bonchev–Trinajstić information content (AvgIpc) is 3.49. The minimum Gasteiger partial charge on any atom is -0.454 e. The zero-order valence-electron chi connectivity index (χ0n) is 21.4. The number of para-hydroxylation sites is 2. The molecule has 1 aliphatic carbocycles. The van der Waals surface area contributed by atoms with E-state index in [2.05, 4.69) is 126 Å². The van der Waals surface area contributed by atoms with Crippen molar-refractivity contribution in [2.24, 2.45) is 0 Å². The molecule has 0 bridgehead atoms. The number of aromatic nitrogens is 1. The standard InChI is InChI=1S/C37H22ClNO/c38-23-18-19-27-28-20-21-32-36(35(28)39(33(27)22-23)24-10-2-1-3-11-24)40-34-17-9-8-16-31(34)37(32)29-14-6-4-12-25(29)26-13-5-7-15-30(26)37/h1-22H. The van der Waals surface area contributed by atoms with Gasteiger partial charge in [-0.25, -0.2) is 0 Å². The van der Waals surface area contributed by atoms with Crippen LogP contribution in [0.1, 0.15) is 22.3 Å². The van der Waals surface area contributed by atoms with E-state index in [1.165, 1.54) is 27.8 Å². The van der Waals surface area contributed by atoms with Gasteiger partial charge in [-0.2, -0.15) is 0 Å². The summed E-state index contributed by atoms with van der Waals surface area (Å²) in [5.41, 5.74) is 10.1. The molecule has 1 spiro atoms. The third-order valence-corrected chi connectivity index (χ3v) is 8.95. The maximum atomic E-state index is 6.98. The molecule has 0 N–H and O–H groups in total. The number of fused-ring (bicyclic) bond motifs is 13. The maximum Gasteiger partial charge on any atom is 0.156 e. The first-order valence-electron chi connectivity index (χ1n) is 13.6. The van der Waals surface area contributed by atoms with Crippen LogP contribution in [0.4, 0.5) is 0 Å². The largest absolute Gasteiger partial charge is 0.454 e. The molecule has 2 heterocycles. The van der Waals surface area contributed by atoms with Crippen molar-refractivity contribution in [2.75, 3.05) is 0 Å². The second-order valence-electron chi connectivity index (χ2n) is 10.6. The molecule has 1 aromatic heterocycles. The fourth-order valence-electron chi connectivity index (χ4n) is 7.23. The van der Waals surface area contributed by atoms with Crippen molar-refractivity contribution in [3.05, 3.63) is 161 Å². The van der Waals surface area contributed by atoms with Gasteiger partial charge in [0.2, 0.25) is 0 Å². The topological polar surface area (TPSA) is 14.2 Å². The molecule has 6 aromatic carbocycles. The van der Waals surface area contributed by atoms with Gasteiger partial charge in [-0.15, -0.1) is 0 Å². The molecule has 0 unspecified atom stereocenters. The summed E-state index contributed by atoms with van der Waals surface area (Å²) in [4.78, 5) is 0. The van der Waals surface area contributed by atoms with Gasteiger partial charge in [-0.1, -0.05) is 115 Å². The first-order valence-corrected chi connectivity index (χ1v) is 13.9. The summed E-state index contributed by atoms with van der Waals surface area (Å²) >= 11 is 6.58. The van der Waals surface area contributed by atoms with Crippen LogP contribution in [-0.2, 0) is 5.41 Å². The number of nitrogens with zero attached hydrogens (tertiary/aromatic N) is 1. The van der Waals surface area contributed by atoms with Gasteiger partial charge in [0.15, 0.2) is 5.75 Å². The lowest BCUT2D eigenvalue weighted by Crippen LogP contribution is -2.32. The van der Waals surface area contributed by atoms with Gasteiger partial charge in [0.05, 0.1) is 16.4 Å². The van der Waals surface area contributed by atoms with Crippen LogP contribution < -0.4 is 4.74 Å². The molecule has 3 heteroatoms. The van der Waals surface area contributed by atoms with Crippen LogP contribution in [0.5, 0.6) is 11.5 Å². The predicted molar refractivity (Wildman–Crippen MR) is 163 cm³/mol. The van der Waals surface area contributed by atoms with E-state index in [1.54, 1.807) is 0 Å². The molecule has 0 atom stereocenters. The SMILES string of the molecule is Clc1ccc2c3ccc4c(c3n(-c3ccccc3)c2c1)Oc1ccccc1C41c2ccccc2-c2ccccc21. The van der Waals surface area contributed by atoms with Crippen molar-refractivity contribution in [3.63, 3.8) is 0 Å². The Labute approximate surface area is 236 Å². The number of ether oxygens (including phenoxy) is 1. The summed E-state index contributed by atoms with van der Waals surface area (Å²) < 4.78 is 9.28. The van der Waals surface area contributed by atoms with Crippen molar-refractivity contribution in [1.82, 2.24) is 4.57 Å². The Morgan fingerprint density at radius 2 is 1.18 bits per heavy atom. The Kier molecular flexibility index (Phi) is 4.35. The van der Waals surface area contributed by atoms with E-state index in [0.717, 1.165) is 44.6 Å². The second kappa shape index (κ2) is 7.88. The zero-order valence-corrected chi connectivity index (χ0v) is 22.2. The summed E-state index contributed by atoms with van der Waals surface area (Å²) in [5.74, 6) is 1.77. The first-order chi connectivity index (χ1) is 19.8. The molecule has 0 saturated heterocycles. The lowest BCUT2D eigenvalue weighted by molar-refractivity contribution is 0.440. The van der Waals surface area contributed by atoms with Crippen molar-refractivity contribution in [3.8, 4) is 28.3 Å². The summed E-state index contributed by atoms with van der Waals surface area (Å²) in [6.07, 6.45) is 0. The van der Waals surface area contributed by atoms with Crippen LogP contribution >= 0.6 is 11.6 Å². The summed E-state index contributed by atoms with van der Waals surface area (Å²) in [6.45, 7) is 0. The van der Waals surface area contributed by atoms with Gasteiger partial charge in [0.1, 0.15) is 5.75 Å². The Bertz CT molecular complexity index is 2110. The molecule has 0 saturated carbocycles. The molecule has 188 valence electrons. The van der Waals surface area contributed by atoms with E-state index < -0.39 is 5.41 Å². The molecule has 2 aliphatic rings. The highest BCUT2D eigenvalue weighted by atomic mass is 35.5. The number of rotatable bonds is 1. The predicted octanol–water partition coefficient (Wildman–Crippen LogP) is 9.91. The summed E-state index contributed by atoms with van der Waals surface area (Å²) in [6, 6.07) is 47.4. The Hall–Kier alpha value is -4.79. The van der Waals surface area contributed by atoms with E-state index in [9.17, 15) is 0 Å². The molecule has 0 amide bonds. The van der Waals surface area contributed by atoms with Gasteiger partial charge in [0, 0.05) is 32.6 Å². The van der Waals surface area contributed by atoms with Gasteiger partial charge < -0.3 is 9.30 Å². The molecule has 40 heavy (non-hydrogen) atoms. The van der Waals surface area contributed by atoms with E-state index in [1.807, 2.05) is 12.1 Å². The van der Waals surface area contributed by atoms with Gasteiger partial charge in [-0.05, 0) is 52.6 Å². The van der Waals surface area contributed by atoms with Gasteiger partial charge >= 0.3 is 0 Å². The van der Waals surface area contributed by atoms with Crippen molar-refractivity contribution in [2.45, 2.75) is 5.41 Å². The molecule has 1 aliphatic heterocycles. The van der Waals surface area contributed by atoms with Crippen LogP contribution in [0.15, 0.2) is 133 Å². The fourth-order valence-corrected chi connectivity index (χ4v) is 7.39. The average molecular weight is 532 g/mol.